The van der Waals surface area contributed by atoms with Gasteiger partial charge in [0.25, 0.3) is 0 Å². The van der Waals surface area contributed by atoms with E-state index in [0.717, 1.165) is 6.42 Å². The topological polar surface area (TPSA) is 36.9 Å². The van der Waals surface area contributed by atoms with Gasteiger partial charge >= 0.3 is 5.25 Å². The quantitative estimate of drug-likeness (QED) is 0.241. The lowest BCUT2D eigenvalue weighted by molar-refractivity contribution is -0.518. The van der Waals surface area contributed by atoms with Crippen LogP contribution in [0.3, 0.4) is 0 Å². The molecule has 0 aliphatic carbocycles. The van der Waals surface area contributed by atoms with Crippen LogP contribution >= 0.6 is 11.6 Å². The molecule has 0 atom stereocenters. The highest BCUT2D eigenvalue weighted by Gasteiger charge is 2.42. The van der Waals surface area contributed by atoms with E-state index in [1.807, 2.05) is 41.5 Å². The molecule has 0 rings (SSSR count). The Kier molecular flexibility index (Phi) is 7.85. The minimum atomic E-state index is -1.49. The molecule has 0 bridgehead atoms. The lowest BCUT2D eigenvalue weighted by atomic mass is 9.81. The molecule has 0 spiro atoms. The molecular weight excluding hydrogens is 304 g/mol. The molecule has 5 heteroatoms. The maximum atomic E-state index is 6.52. The Morgan fingerprint density at radius 2 is 1.09 bits per heavy atom. The monoisotopic (exact) mass is 338 g/mol. The van der Waals surface area contributed by atoms with Gasteiger partial charge in [-0.1, -0.05) is 39.3 Å². The second kappa shape index (κ2) is 7.80. The highest BCUT2D eigenvalue weighted by Crippen LogP contribution is 2.40. The van der Waals surface area contributed by atoms with Crippen LogP contribution in [0.4, 0.5) is 0 Å². The number of rotatable bonds is 8. The van der Waals surface area contributed by atoms with E-state index in [4.69, 9.17) is 31.2 Å². The molecule has 0 radical (unpaired) electrons. The molecule has 0 N–H and O–H groups in total. The SMILES string of the molecule is CC(C)CC(C)(C)CC(Cl)(OOC(C)(C)C)OOC(C)(C)C. The third-order valence-corrected chi connectivity index (χ3v) is 2.74. The summed E-state index contributed by atoms with van der Waals surface area (Å²) in [6, 6.07) is 0. The van der Waals surface area contributed by atoms with Crippen molar-refractivity contribution in [3.63, 3.8) is 0 Å². The van der Waals surface area contributed by atoms with Crippen molar-refractivity contribution in [2.45, 2.75) is 98.5 Å². The maximum Gasteiger partial charge on any atom is 0.307 e. The summed E-state index contributed by atoms with van der Waals surface area (Å²) in [6.07, 6.45) is 1.42. The molecule has 0 heterocycles. The van der Waals surface area contributed by atoms with Crippen LogP contribution < -0.4 is 0 Å². The second-order valence-corrected chi connectivity index (χ2v) is 9.73. The van der Waals surface area contributed by atoms with Gasteiger partial charge < -0.3 is 0 Å². The highest BCUT2D eigenvalue weighted by molar-refractivity contribution is 6.21. The van der Waals surface area contributed by atoms with Crippen molar-refractivity contribution < 1.29 is 19.6 Å². The minimum absolute atomic E-state index is 0.0849. The van der Waals surface area contributed by atoms with Crippen LogP contribution in [0.1, 0.15) is 82.1 Å². The molecule has 0 saturated carbocycles. The van der Waals surface area contributed by atoms with E-state index in [0.29, 0.717) is 12.3 Å². The summed E-state index contributed by atoms with van der Waals surface area (Å²) in [5, 5.41) is -1.49. The smallest absolute Gasteiger partial charge is 0.227 e. The molecule has 0 saturated heterocycles. The van der Waals surface area contributed by atoms with E-state index < -0.39 is 16.4 Å². The van der Waals surface area contributed by atoms with E-state index in [9.17, 15) is 0 Å². The van der Waals surface area contributed by atoms with Crippen molar-refractivity contribution in [2.75, 3.05) is 0 Å². The van der Waals surface area contributed by atoms with Crippen molar-refractivity contribution in [3.05, 3.63) is 0 Å². The molecule has 22 heavy (non-hydrogen) atoms. The van der Waals surface area contributed by atoms with Crippen molar-refractivity contribution in [1.29, 1.82) is 0 Å². The summed E-state index contributed by atoms with van der Waals surface area (Å²) in [5.74, 6) is 0.544. The van der Waals surface area contributed by atoms with Crippen LogP contribution in [0.2, 0.25) is 0 Å². The summed E-state index contributed by atoms with van der Waals surface area (Å²) in [7, 11) is 0. The van der Waals surface area contributed by atoms with Gasteiger partial charge in [0, 0.05) is 6.42 Å². The average Bonchev–Trinajstić information content (AvgIpc) is 2.19. The summed E-state index contributed by atoms with van der Waals surface area (Å²) in [5.41, 5.74) is -1.07. The Balaban J connectivity index is 4.98. The van der Waals surface area contributed by atoms with E-state index in [1.165, 1.54) is 0 Å². The lowest BCUT2D eigenvalue weighted by Crippen LogP contribution is -2.40. The molecule has 134 valence electrons. The zero-order chi connectivity index (χ0) is 17.8. The molecule has 0 aromatic rings. The number of hydrogen-bond donors (Lipinski definition) is 0. The van der Waals surface area contributed by atoms with Crippen LogP contribution in [0, 0.1) is 11.3 Å². The van der Waals surface area contributed by atoms with Crippen LogP contribution in [0.5, 0.6) is 0 Å². The van der Waals surface area contributed by atoms with Gasteiger partial charge in [-0.15, -0.1) is 0 Å². The summed E-state index contributed by atoms with van der Waals surface area (Å²) < 4.78 is 0. The standard InChI is InChI=1S/C17H35ClO4/c1-13(2)11-16(9,10)12-17(18,21-19-14(3,4)5)22-20-15(6,7)8/h13H,11-12H2,1-10H3. The predicted molar refractivity (Wildman–Crippen MR) is 90.3 cm³/mol. The van der Waals surface area contributed by atoms with Gasteiger partial charge in [-0.05, 0) is 59.3 Å². The molecule has 4 nitrogen and oxygen atoms in total. The molecule has 0 unspecified atom stereocenters. The summed E-state index contributed by atoms with van der Waals surface area (Å²) in [4.78, 5) is 21.6. The summed E-state index contributed by atoms with van der Waals surface area (Å²) >= 11 is 6.52. The first-order chi connectivity index (χ1) is 9.54. The molecule has 0 aromatic carbocycles. The van der Waals surface area contributed by atoms with Crippen LogP contribution in [-0.4, -0.2) is 16.4 Å². The third-order valence-electron chi connectivity index (χ3n) is 2.48. The molecule has 0 aliphatic heterocycles. The number of hydrogen-bond acceptors (Lipinski definition) is 4. The molecule has 0 aliphatic rings. The predicted octanol–water partition coefficient (Wildman–Crippen LogP) is 5.83. The summed E-state index contributed by atoms with van der Waals surface area (Å²) in [6.45, 7) is 19.9. The first kappa shape index (κ1) is 22.1. The molecule has 0 fully saturated rings. The van der Waals surface area contributed by atoms with Crippen LogP contribution in [0.25, 0.3) is 0 Å². The Morgan fingerprint density at radius 3 is 1.36 bits per heavy atom. The van der Waals surface area contributed by atoms with Gasteiger partial charge in [-0.2, -0.15) is 9.78 Å². The second-order valence-electron chi connectivity index (χ2n) is 9.16. The van der Waals surface area contributed by atoms with Crippen molar-refractivity contribution in [1.82, 2.24) is 0 Å². The average molecular weight is 339 g/mol. The highest BCUT2D eigenvalue weighted by atomic mass is 35.5. The van der Waals surface area contributed by atoms with Gasteiger partial charge in [0.1, 0.15) is 0 Å². The van der Waals surface area contributed by atoms with E-state index in [2.05, 4.69) is 27.7 Å². The first-order valence-corrected chi connectivity index (χ1v) is 8.34. The lowest BCUT2D eigenvalue weighted by Gasteiger charge is -2.36. The first-order valence-electron chi connectivity index (χ1n) is 7.96. The fraction of sp³-hybridized carbons (Fsp3) is 1.00. The normalized spacial score (nSPS) is 14.7. The Morgan fingerprint density at radius 1 is 0.727 bits per heavy atom. The van der Waals surface area contributed by atoms with Crippen molar-refractivity contribution in [2.24, 2.45) is 11.3 Å². The van der Waals surface area contributed by atoms with Gasteiger partial charge in [-0.25, -0.2) is 9.78 Å². The zero-order valence-corrected chi connectivity index (χ0v) is 16.8. The Hall–Kier alpha value is 0.130. The fourth-order valence-electron chi connectivity index (χ4n) is 2.20. The van der Waals surface area contributed by atoms with Crippen LogP contribution in [0.15, 0.2) is 0 Å². The molecule has 0 amide bonds. The number of alkyl halides is 1. The maximum absolute atomic E-state index is 6.52. The Labute approximate surface area is 141 Å². The van der Waals surface area contributed by atoms with Gasteiger partial charge in [-0.3, -0.25) is 0 Å². The number of halogens is 1. The fourth-order valence-corrected chi connectivity index (χ4v) is 2.62. The van der Waals surface area contributed by atoms with Crippen molar-refractivity contribution in [3.8, 4) is 0 Å². The van der Waals surface area contributed by atoms with Gasteiger partial charge in [0.2, 0.25) is 0 Å². The van der Waals surface area contributed by atoms with E-state index in [-0.39, 0.29) is 5.41 Å². The molecular formula is C17H35ClO4. The van der Waals surface area contributed by atoms with E-state index >= 15 is 0 Å². The van der Waals surface area contributed by atoms with Gasteiger partial charge in [0.15, 0.2) is 0 Å². The minimum Gasteiger partial charge on any atom is -0.227 e. The largest absolute Gasteiger partial charge is 0.307 e. The Bertz CT molecular complexity index is 309. The van der Waals surface area contributed by atoms with Crippen molar-refractivity contribution >= 4 is 11.6 Å². The third kappa shape index (κ3) is 11.7. The zero-order valence-electron chi connectivity index (χ0n) is 16.0. The van der Waals surface area contributed by atoms with Gasteiger partial charge in [0.05, 0.1) is 11.2 Å². The van der Waals surface area contributed by atoms with E-state index in [1.54, 1.807) is 0 Å². The molecule has 0 aromatic heterocycles. The van der Waals surface area contributed by atoms with Crippen LogP contribution in [-0.2, 0) is 19.6 Å².